The molecule has 6 nitrogen and oxygen atoms in total. The van der Waals surface area contributed by atoms with Gasteiger partial charge in [0.25, 0.3) is 5.91 Å². The Bertz CT molecular complexity index is 1000. The molecule has 144 valence electrons. The Balaban J connectivity index is 1.74. The minimum absolute atomic E-state index is 0.193. The normalized spacial score (nSPS) is 12.9. The summed E-state index contributed by atoms with van der Waals surface area (Å²) in [4.78, 5) is 29.8. The third-order valence-corrected chi connectivity index (χ3v) is 5.67. The molecule has 0 radical (unpaired) electrons. The summed E-state index contributed by atoms with van der Waals surface area (Å²) in [7, 11) is -0.0165. The summed E-state index contributed by atoms with van der Waals surface area (Å²) < 4.78 is 17.2. The van der Waals surface area contributed by atoms with Gasteiger partial charge >= 0.3 is 5.97 Å². The highest BCUT2D eigenvalue weighted by atomic mass is 32.2. The first-order valence-corrected chi connectivity index (χ1v) is 10.1. The van der Waals surface area contributed by atoms with Gasteiger partial charge in [-0.2, -0.15) is 0 Å². The molecule has 0 saturated carbocycles. The Labute approximate surface area is 165 Å². The fraction of sp³-hybridized carbons (Fsp3) is 0.190. The fourth-order valence-electron chi connectivity index (χ4n) is 2.83. The number of esters is 1. The lowest BCUT2D eigenvalue weighted by Crippen LogP contribution is -2.42. The molecule has 1 amide bonds. The van der Waals surface area contributed by atoms with E-state index in [-0.39, 0.29) is 12.2 Å². The Hall–Kier alpha value is -3.06. The van der Waals surface area contributed by atoms with Gasteiger partial charge in [0.1, 0.15) is 6.04 Å². The SMILES string of the molecule is COC(=O)[C@@H](CC[S@](=O)c1ccccc1)NC(=O)c1cccc2cccnc12. The Morgan fingerprint density at radius 3 is 2.57 bits per heavy atom. The van der Waals surface area contributed by atoms with E-state index in [2.05, 4.69) is 10.3 Å². The summed E-state index contributed by atoms with van der Waals surface area (Å²) >= 11 is 0. The van der Waals surface area contributed by atoms with Crippen LogP contribution in [0.2, 0.25) is 0 Å². The van der Waals surface area contributed by atoms with Crippen LogP contribution in [0.15, 0.2) is 71.8 Å². The summed E-state index contributed by atoms with van der Waals surface area (Å²) in [5.74, 6) is -0.783. The van der Waals surface area contributed by atoms with Crippen LogP contribution < -0.4 is 5.32 Å². The van der Waals surface area contributed by atoms with Crippen molar-refractivity contribution in [3.63, 3.8) is 0 Å². The zero-order valence-corrected chi connectivity index (χ0v) is 16.1. The Morgan fingerprint density at radius 1 is 1.07 bits per heavy atom. The molecule has 0 spiro atoms. The van der Waals surface area contributed by atoms with Crippen LogP contribution in [0.25, 0.3) is 10.9 Å². The minimum atomic E-state index is -1.28. The third-order valence-electron chi connectivity index (χ3n) is 4.27. The largest absolute Gasteiger partial charge is 0.467 e. The molecule has 1 aromatic heterocycles. The molecule has 7 heteroatoms. The number of rotatable bonds is 7. The van der Waals surface area contributed by atoms with Crippen LogP contribution in [0, 0.1) is 0 Å². The number of aromatic nitrogens is 1. The van der Waals surface area contributed by atoms with E-state index in [1.54, 1.807) is 48.7 Å². The van der Waals surface area contributed by atoms with Crippen molar-refractivity contribution < 1.29 is 18.5 Å². The van der Waals surface area contributed by atoms with Crippen LogP contribution in [-0.4, -0.2) is 40.0 Å². The second-order valence-corrected chi connectivity index (χ2v) is 7.65. The highest BCUT2D eigenvalue weighted by molar-refractivity contribution is 7.85. The number of para-hydroxylation sites is 1. The highest BCUT2D eigenvalue weighted by Crippen LogP contribution is 2.16. The quantitative estimate of drug-likeness (QED) is 0.621. The highest BCUT2D eigenvalue weighted by Gasteiger charge is 2.24. The van der Waals surface area contributed by atoms with Gasteiger partial charge in [-0.25, -0.2) is 4.79 Å². The topological polar surface area (TPSA) is 85.4 Å². The average molecular weight is 396 g/mol. The average Bonchev–Trinajstić information content (AvgIpc) is 2.75. The zero-order valence-electron chi connectivity index (χ0n) is 15.3. The van der Waals surface area contributed by atoms with E-state index >= 15 is 0 Å². The standard InChI is InChI=1S/C21H20N2O4S/c1-27-21(25)18(12-14-28(26)16-9-3-2-4-10-16)23-20(24)17-11-5-7-15-8-6-13-22-19(15)17/h2-11,13,18H,12,14H2,1H3,(H,23,24)/t18-,28+/m1/s1. The van der Waals surface area contributed by atoms with E-state index < -0.39 is 28.7 Å². The summed E-state index contributed by atoms with van der Waals surface area (Å²) in [6.07, 6.45) is 1.80. The predicted molar refractivity (Wildman–Crippen MR) is 107 cm³/mol. The summed E-state index contributed by atoms with van der Waals surface area (Å²) in [5, 5.41) is 3.52. The monoisotopic (exact) mass is 396 g/mol. The molecular formula is C21H20N2O4S. The number of methoxy groups -OCH3 is 1. The van der Waals surface area contributed by atoms with E-state index in [0.717, 1.165) is 5.39 Å². The molecule has 0 aliphatic carbocycles. The minimum Gasteiger partial charge on any atom is -0.467 e. The molecule has 3 rings (SSSR count). The van der Waals surface area contributed by atoms with Crippen molar-refractivity contribution in [2.45, 2.75) is 17.4 Å². The number of pyridine rings is 1. The maximum absolute atomic E-state index is 12.8. The molecule has 0 bridgehead atoms. The van der Waals surface area contributed by atoms with Crippen molar-refractivity contribution in [3.05, 3.63) is 72.4 Å². The molecule has 0 fully saturated rings. The van der Waals surface area contributed by atoms with E-state index in [1.165, 1.54) is 7.11 Å². The predicted octanol–water partition coefficient (Wildman–Crippen LogP) is 2.70. The molecule has 0 unspecified atom stereocenters. The summed E-state index contributed by atoms with van der Waals surface area (Å²) in [5.41, 5.74) is 0.926. The summed E-state index contributed by atoms with van der Waals surface area (Å²) in [6, 6.07) is 17.0. The van der Waals surface area contributed by atoms with Gasteiger partial charge in [0, 0.05) is 22.2 Å². The second kappa shape index (κ2) is 9.23. The first-order valence-electron chi connectivity index (χ1n) is 8.76. The lowest BCUT2D eigenvalue weighted by Gasteiger charge is -2.17. The molecule has 0 aliphatic heterocycles. The number of hydrogen-bond acceptors (Lipinski definition) is 5. The van der Waals surface area contributed by atoms with Crippen molar-refractivity contribution in [1.29, 1.82) is 0 Å². The Morgan fingerprint density at radius 2 is 1.82 bits per heavy atom. The van der Waals surface area contributed by atoms with Crippen LogP contribution in [0.4, 0.5) is 0 Å². The van der Waals surface area contributed by atoms with Gasteiger partial charge in [-0.05, 0) is 30.7 Å². The van der Waals surface area contributed by atoms with Crippen LogP contribution in [-0.2, 0) is 20.3 Å². The fourth-order valence-corrected chi connectivity index (χ4v) is 3.98. The lowest BCUT2D eigenvalue weighted by atomic mass is 10.1. The number of benzene rings is 2. The molecule has 1 heterocycles. The van der Waals surface area contributed by atoms with Crippen molar-refractivity contribution >= 4 is 33.6 Å². The van der Waals surface area contributed by atoms with Crippen LogP contribution >= 0.6 is 0 Å². The van der Waals surface area contributed by atoms with Crippen molar-refractivity contribution in [2.75, 3.05) is 12.9 Å². The molecule has 3 aromatic rings. The van der Waals surface area contributed by atoms with Gasteiger partial charge < -0.3 is 10.1 Å². The molecule has 2 atom stereocenters. The first kappa shape index (κ1) is 19.7. The summed E-state index contributed by atoms with van der Waals surface area (Å²) in [6.45, 7) is 0. The molecular weight excluding hydrogens is 376 g/mol. The van der Waals surface area contributed by atoms with Crippen LogP contribution in [0.5, 0.6) is 0 Å². The van der Waals surface area contributed by atoms with Gasteiger partial charge in [0.2, 0.25) is 0 Å². The van der Waals surface area contributed by atoms with Crippen LogP contribution in [0.3, 0.4) is 0 Å². The number of nitrogens with one attached hydrogen (secondary N) is 1. The lowest BCUT2D eigenvalue weighted by molar-refractivity contribution is -0.142. The molecule has 0 aliphatic rings. The second-order valence-electron chi connectivity index (χ2n) is 6.08. The van der Waals surface area contributed by atoms with E-state index in [1.807, 2.05) is 18.2 Å². The number of ether oxygens (including phenoxy) is 1. The smallest absolute Gasteiger partial charge is 0.328 e. The Kier molecular flexibility index (Phi) is 6.49. The number of fused-ring (bicyclic) bond motifs is 1. The van der Waals surface area contributed by atoms with Crippen LogP contribution in [0.1, 0.15) is 16.8 Å². The van der Waals surface area contributed by atoms with E-state index in [4.69, 9.17) is 4.74 Å². The number of hydrogen-bond donors (Lipinski definition) is 1. The van der Waals surface area contributed by atoms with Crippen molar-refractivity contribution in [3.8, 4) is 0 Å². The van der Waals surface area contributed by atoms with Gasteiger partial charge in [-0.1, -0.05) is 36.4 Å². The van der Waals surface area contributed by atoms with E-state index in [9.17, 15) is 13.8 Å². The number of nitrogens with zero attached hydrogens (tertiary/aromatic N) is 1. The van der Waals surface area contributed by atoms with Crippen molar-refractivity contribution in [2.24, 2.45) is 0 Å². The molecule has 2 aromatic carbocycles. The molecule has 1 N–H and O–H groups in total. The molecule has 0 saturated heterocycles. The maximum atomic E-state index is 12.8. The first-order chi connectivity index (χ1) is 13.6. The van der Waals surface area contributed by atoms with Crippen molar-refractivity contribution in [1.82, 2.24) is 10.3 Å². The van der Waals surface area contributed by atoms with Gasteiger partial charge in [0.15, 0.2) is 0 Å². The third kappa shape index (κ3) is 4.61. The van der Waals surface area contributed by atoms with Gasteiger partial charge in [0.05, 0.1) is 29.0 Å². The zero-order chi connectivity index (χ0) is 19.9. The number of amides is 1. The molecule has 28 heavy (non-hydrogen) atoms. The van der Waals surface area contributed by atoms with Gasteiger partial charge in [-0.3, -0.25) is 14.0 Å². The van der Waals surface area contributed by atoms with E-state index in [0.29, 0.717) is 16.0 Å². The number of carbonyl (C=O) groups excluding carboxylic acids is 2. The number of carbonyl (C=O) groups is 2. The van der Waals surface area contributed by atoms with Gasteiger partial charge in [-0.15, -0.1) is 0 Å². The maximum Gasteiger partial charge on any atom is 0.328 e.